The molecule has 2 aliphatic rings. The first-order chi connectivity index (χ1) is 10.7. The van der Waals surface area contributed by atoms with Gasteiger partial charge in [0.15, 0.2) is 0 Å². The highest BCUT2D eigenvalue weighted by Crippen LogP contribution is 2.33. The average molecular weight is 322 g/mol. The van der Waals surface area contributed by atoms with E-state index in [4.69, 9.17) is 4.74 Å². The van der Waals surface area contributed by atoms with Gasteiger partial charge in [0, 0.05) is 36.5 Å². The summed E-state index contributed by atoms with van der Waals surface area (Å²) in [6.07, 6.45) is 2.81. The van der Waals surface area contributed by atoms with Gasteiger partial charge in [0.1, 0.15) is 0 Å². The topological polar surface area (TPSA) is 32.8 Å². The lowest BCUT2D eigenvalue weighted by molar-refractivity contribution is -0.135. The minimum atomic E-state index is 0.135. The van der Waals surface area contributed by atoms with Gasteiger partial charge in [-0.05, 0) is 30.8 Å². The first-order valence-electron chi connectivity index (χ1n) is 8.31. The monoisotopic (exact) mass is 322 g/mol. The number of carbonyl (C=O) groups excluding carboxylic acids is 1. The van der Waals surface area contributed by atoms with E-state index in [1.54, 1.807) is 11.3 Å². The van der Waals surface area contributed by atoms with Crippen molar-refractivity contribution < 1.29 is 9.53 Å². The lowest BCUT2D eigenvalue weighted by atomic mass is 9.80. The summed E-state index contributed by atoms with van der Waals surface area (Å²) >= 11 is 1.67. The molecule has 0 aromatic carbocycles. The molecule has 2 fully saturated rings. The minimum absolute atomic E-state index is 0.135. The number of hydrogen-bond donors (Lipinski definition) is 0. The van der Waals surface area contributed by atoms with E-state index in [1.807, 2.05) is 11.4 Å². The Balaban J connectivity index is 1.66. The maximum absolute atomic E-state index is 12.6. The van der Waals surface area contributed by atoms with Crippen molar-refractivity contribution in [3.8, 4) is 0 Å². The predicted octanol–water partition coefficient (Wildman–Crippen LogP) is 2.25. The SMILES string of the molecule is CCN1CCOC[C@]2(CCCN(C(=O)Cc3cccs3)C2)C1. The van der Waals surface area contributed by atoms with Crippen molar-refractivity contribution in [2.24, 2.45) is 5.41 Å². The van der Waals surface area contributed by atoms with Crippen LogP contribution in [0, 0.1) is 5.41 Å². The first-order valence-corrected chi connectivity index (χ1v) is 9.19. The van der Waals surface area contributed by atoms with Crippen molar-refractivity contribution in [2.45, 2.75) is 26.2 Å². The molecule has 0 radical (unpaired) electrons. The van der Waals surface area contributed by atoms with E-state index in [2.05, 4.69) is 22.8 Å². The van der Waals surface area contributed by atoms with Crippen molar-refractivity contribution >= 4 is 17.2 Å². The Bertz CT molecular complexity index is 491. The fourth-order valence-electron chi connectivity index (χ4n) is 3.69. The number of amides is 1. The lowest BCUT2D eigenvalue weighted by Crippen LogP contribution is -2.52. The van der Waals surface area contributed by atoms with Crippen molar-refractivity contribution in [3.05, 3.63) is 22.4 Å². The fourth-order valence-corrected chi connectivity index (χ4v) is 4.39. The van der Waals surface area contributed by atoms with E-state index in [0.717, 1.165) is 57.2 Å². The molecule has 4 nitrogen and oxygen atoms in total. The number of nitrogens with zero attached hydrogens (tertiary/aromatic N) is 2. The van der Waals surface area contributed by atoms with Crippen LogP contribution in [0.2, 0.25) is 0 Å². The van der Waals surface area contributed by atoms with Gasteiger partial charge in [-0.15, -0.1) is 11.3 Å². The van der Waals surface area contributed by atoms with Gasteiger partial charge in [0.05, 0.1) is 19.6 Å². The quantitative estimate of drug-likeness (QED) is 0.856. The second-order valence-electron chi connectivity index (χ2n) is 6.60. The Labute approximate surface area is 137 Å². The van der Waals surface area contributed by atoms with E-state index < -0.39 is 0 Å². The van der Waals surface area contributed by atoms with Crippen LogP contribution in [-0.2, 0) is 16.0 Å². The summed E-state index contributed by atoms with van der Waals surface area (Å²) in [5, 5.41) is 2.04. The summed E-state index contributed by atoms with van der Waals surface area (Å²) in [4.78, 5) is 18.3. The molecule has 1 aromatic rings. The number of hydrogen-bond acceptors (Lipinski definition) is 4. The Morgan fingerprint density at radius 2 is 2.32 bits per heavy atom. The fraction of sp³-hybridized carbons (Fsp3) is 0.706. The summed E-state index contributed by atoms with van der Waals surface area (Å²) in [6.45, 7) is 8.72. The third kappa shape index (κ3) is 3.70. The van der Waals surface area contributed by atoms with Crippen molar-refractivity contribution in [1.82, 2.24) is 9.80 Å². The molecule has 0 bridgehead atoms. The molecule has 122 valence electrons. The van der Waals surface area contributed by atoms with Crippen LogP contribution in [0.5, 0.6) is 0 Å². The third-order valence-electron chi connectivity index (χ3n) is 4.89. The summed E-state index contributed by atoms with van der Waals surface area (Å²) < 4.78 is 5.88. The number of likely N-dealkylation sites (tertiary alicyclic amines) is 1. The zero-order valence-corrected chi connectivity index (χ0v) is 14.2. The van der Waals surface area contributed by atoms with E-state index in [1.165, 1.54) is 6.42 Å². The predicted molar refractivity (Wildman–Crippen MR) is 89.2 cm³/mol. The van der Waals surface area contributed by atoms with Gasteiger partial charge < -0.3 is 14.5 Å². The summed E-state index contributed by atoms with van der Waals surface area (Å²) in [5.74, 6) is 0.272. The Kier molecular flexibility index (Phi) is 5.16. The second-order valence-corrected chi connectivity index (χ2v) is 7.63. The maximum atomic E-state index is 12.6. The van der Waals surface area contributed by atoms with Gasteiger partial charge in [-0.25, -0.2) is 0 Å². The highest BCUT2D eigenvalue weighted by Gasteiger charge is 2.39. The van der Waals surface area contributed by atoms with Crippen LogP contribution >= 0.6 is 11.3 Å². The lowest BCUT2D eigenvalue weighted by Gasteiger charge is -2.43. The normalized spacial score (nSPS) is 27.0. The average Bonchev–Trinajstić information content (AvgIpc) is 2.95. The number of thiophene rings is 1. The van der Waals surface area contributed by atoms with Gasteiger partial charge in [-0.3, -0.25) is 4.79 Å². The van der Waals surface area contributed by atoms with Crippen molar-refractivity contribution in [2.75, 3.05) is 45.9 Å². The number of rotatable bonds is 3. The zero-order valence-electron chi connectivity index (χ0n) is 13.4. The van der Waals surface area contributed by atoms with Crippen LogP contribution < -0.4 is 0 Å². The smallest absolute Gasteiger partial charge is 0.227 e. The molecule has 1 amide bonds. The molecule has 0 unspecified atom stereocenters. The molecule has 1 aromatic heterocycles. The molecule has 3 heterocycles. The molecule has 5 heteroatoms. The Hall–Kier alpha value is -0.910. The molecule has 0 N–H and O–H groups in total. The second kappa shape index (κ2) is 7.11. The van der Waals surface area contributed by atoms with Gasteiger partial charge in [-0.2, -0.15) is 0 Å². The Morgan fingerprint density at radius 3 is 3.09 bits per heavy atom. The van der Waals surface area contributed by atoms with Gasteiger partial charge in [-0.1, -0.05) is 13.0 Å². The highest BCUT2D eigenvalue weighted by molar-refractivity contribution is 7.10. The highest BCUT2D eigenvalue weighted by atomic mass is 32.1. The van der Waals surface area contributed by atoms with Gasteiger partial charge >= 0.3 is 0 Å². The molecular weight excluding hydrogens is 296 g/mol. The number of carbonyl (C=O) groups is 1. The van der Waals surface area contributed by atoms with E-state index in [9.17, 15) is 4.79 Å². The molecule has 1 spiro atoms. The van der Waals surface area contributed by atoms with Crippen LogP contribution in [0.1, 0.15) is 24.6 Å². The maximum Gasteiger partial charge on any atom is 0.227 e. The molecular formula is C17H26N2O2S. The molecule has 22 heavy (non-hydrogen) atoms. The van der Waals surface area contributed by atoms with Crippen molar-refractivity contribution in [3.63, 3.8) is 0 Å². The van der Waals surface area contributed by atoms with Crippen LogP contribution in [0.4, 0.5) is 0 Å². The summed E-state index contributed by atoms with van der Waals surface area (Å²) in [7, 11) is 0. The summed E-state index contributed by atoms with van der Waals surface area (Å²) in [5.41, 5.74) is 0.135. The van der Waals surface area contributed by atoms with Crippen LogP contribution in [0.3, 0.4) is 0 Å². The van der Waals surface area contributed by atoms with Crippen LogP contribution in [0.25, 0.3) is 0 Å². The van der Waals surface area contributed by atoms with Crippen molar-refractivity contribution in [1.29, 1.82) is 0 Å². The van der Waals surface area contributed by atoms with Gasteiger partial charge in [0.25, 0.3) is 0 Å². The number of ether oxygens (including phenoxy) is 1. The van der Waals surface area contributed by atoms with Gasteiger partial charge in [0.2, 0.25) is 5.91 Å². The van der Waals surface area contributed by atoms with Crippen LogP contribution in [0.15, 0.2) is 17.5 Å². The molecule has 2 saturated heterocycles. The first kappa shape index (κ1) is 16.0. The number of piperidine rings is 1. The molecule has 1 atom stereocenters. The van der Waals surface area contributed by atoms with E-state index in [-0.39, 0.29) is 11.3 Å². The Morgan fingerprint density at radius 1 is 1.41 bits per heavy atom. The summed E-state index contributed by atoms with van der Waals surface area (Å²) in [6, 6.07) is 4.07. The van der Waals surface area contributed by atoms with E-state index >= 15 is 0 Å². The number of likely N-dealkylation sites (N-methyl/N-ethyl adjacent to an activating group) is 1. The molecule has 0 aliphatic carbocycles. The zero-order chi connectivity index (χ0) is 15.4. The third-order valence-corrected chi connectivity index (χ3v) is 5.76. The van der Waals surface area contributed by atoms with Crippen LogP contribution in [-0.4, -0.2) is 61.6 Å². The molecule has 0 saturated carbocycles. The molecule has 3 rings (SSSR count). The van der Waals surface area contributed by atoms with E-state index in [0.29, 0.717) is 6.42 Å². The standard InChI is InChI=1S/C17H26N2O2S/c1-2-18-8-9-21-14-17(12-18)6-4-7-19(13-17)16(20)11-15-5-3-10-22-15/h3,5,10H,2,4,6-9,11-14H2,1H3/t17-/m1/s1. The largest absolute Gasteiger partial charge is 0.379 e. The molecule has 2 aliphatic heterocycles. The minimum Gasteiger partial charge on any atom is -0.379 e.